The van der Waals surface area contributed by atoms with Crippen LogP contribution in [0.5, 0.6) is 0 Å². The van der Waals surface area contributed by atoms with Gasteiger partial charge in [-0.15, -0.1) is 0 Å². The molecule has 2 unspecified atom stereocenters. The SMILES string of the molecule is CCCCCCC1=C(C)C(C(C)(C)C2C(C)=C(CCCCCC)c3ccccc32)c2ccccc21. The van der Waals surface area contributed by atoms with Crippen LogP contribution in [0.15, 0.2) is 59.7 Å². The monoisotopic (exact) mass is 468 g/mol. The zero-order valence-electron chi connectivity index (χ0n) is 23.3. The van der Waals surface area contributed by atoms with Crippen molar-refractivity contribution < 1.29 is 0 Å². The normalized spacial score (nSPS) is 19.5. The van der Waals surface area contributed by atoms with Gasteiger partial charge in [0.2, 0.25) is 0 Å². The fourth-order valence-corrected chi connectivity index (χ4v) is 7.49. The number of allylic oxidation sites excluding steroid dienone is 4. The summed E-state index contributed by atoms with van der Waals surface area (Å²) in [6, 6.07) is 18.7. The topological polar surface area (TPSA) is 0 Å². The van der Waals surface area contributed by atoms with Crippen molar-refractivity contribution in [1.29, 1.82) is 0 Å². The largest absolute Gasteiger partial charge is 0.0654 e. The maximum Gasteiger partial charge on any atom is 0.0118 e. The molecule has 0 heteroatoms. The van der Waals surface area contributed by atoms with Gasteiger partial charge in [-0.1, -0.05) is 126 Å². The summed E-state index contributed by atoms with van der Waals surface area (Å²) >= 11 is 0. The molecule has 0 heterocycles. The number of benzene rings is 2. The van der Waals surface area contributed by atoms with Gasteiger partial charge in [-0.05, 0) is 78.3 Å². The second-order valence-electron chi connectivity index (χ2n) is 11.8. The van der Waals surface area contributed by atoms with Gasteiger partial charge >= 0.3 is 0 Å². The summed E-state index contributed by atoms with van der Waals surface area (Å²) < 4.78 is 0. The molecule has 0 saturated carbocycles. The van der Waals surface area contributed by atoms with Crippen LogP contribution in [0.4, 0.5) is 0 Å². The van der Waals surface area contributed by atoms with Crippen LogP contribution in [0.25, 0.3) is 11.1 Å². The van der Waals surface area contributed by atoms with Crippen molar-refractivity contribution >= 4 is 11.1 Å². The molecule has 2 aliphatic rings. The van der Waals surface area contributed by atoms with E-state index in [1.807, 2.05) is 0 Å². The van der Waals surface area contributed by atoms with Crippen LogP contribution in [-0.2, 0) is 0 Å². The van der Waals surface area contributed by atoms with Crippen molar-refractivity contribution in [2.45, 2.75) is 118 Å². The summed E-state index contributed by atoms with van der Waals surface area (Å²) in [6.07, 6.45) is 13.1. The van der Waals surface area contributed by atoms with E-state index in [2.05, 4.69) is 90.1 Å². The molecule has 0 radical (unpaired) electrons. The van der Waals surface area contributed by atoms with E-state index in [9.17, 15) is 0 Å². The molecule has 0 fully saturated rings. The van der Waals surface area contributed by atoms with Crippen LogP contribution >= 0.6 is 0 Å². The molecule has 0 N–H and O–H groups in total. The van der Waals surface area contributed by atoms with Gasteiger partial charge in [0.1, 0.15) is 0 Å². The lowest BCUT2D eigenvalue weighted by molar-refractivity contribution is 0.274. The van der Waals surface area contributed by atoms with Crippen molar-refractivity contribution in [2.75, 3.05) is 0 Å². The molecule has 4 rings (SSSR count). The van der Waals surface area contributed by atoms with Gasteiger partial charge in [-0.25, -0.2) is 0 Å². The Morgan fingerprint density at radius 1 is 0.571 bits per heavy atom. The third-order valence-corrected chi connectivity index (χ3v) is 9.06. The lowest BCUT2D eigenvalue weighted by Crippen LogP contribution is -2.29. The van der Waals surface area contributed by atoms with Crippen LogP contribution < -0.4 is 0 Å². The molecule has 0 spiro atoms. The molecule has 0 nitrogen and oxygen atoms in total. The van der Waals surface area contributed by atoms with Crippen LogP contribution in [-0.4, -0.2) is 0 Å². The van der Waals surface area contributed by atoms with E-state index in [4.69, 9.17) is 0 Å². The number of unbranched alkanes of at least 4 members (excludes halogenated alkanes) is 6. The first kappa shape index (κ1) is 26.0. The number of hydrogen-bond acceptors (Lipinski definition) is 0. The van der Waals surface area contributed by atoms with Crippen LogP contribution in [0, 0.1) is 5.41 Å². The molecule has 0 aromatic heterocycles. The Labute approximate surface area is 215 Å². The van der Waals surface area contributed by atoms with Crippen molar-refractivity contribution in [3.8, 4) is 0 Å². The average molecular weight is 469 g/mol. The fourth-order valence-electron chi connectivity index (χ4n) is 7.49. The van der Waals surface area contributed by atoms with Gasteiger partial charge in [-0.3, -0.25) is 0 Å². The Balaban J connectivity index is 1.71. The second-order valence-corrected chi connectivity index (χ2v) is 11.8. The first-order valence-electron chi connectivity index (χ1n) is 14.5. The summed E-state index contributed by atoms with van der Waals surface area (Å²) in [6.45, 7) is 14.6. The molecule has 0 aliphatic heterocycles. The first-order valence-corrected chi connectivity index (χ1v) is 14.5. The van der Waals surface area contributed by atoms with Crippen LogP contribution in [0.1, 0.15) is 140 Å². The van der Waals surface area contributed by atoms with E-state index in [1.54, 1.807) is 33.4 Å². The second kappa shape index (κ2) is 11.3. The minimum atomic E-state index is 0.122. The highest BCUT2D eigenvalue weighted by Crippen LogP contribution is 2.61. The average Bonchev–Trinajstić information content (AvgIpc) is 3.30. The summed E-state index contributed by atoms with van der Waals surface area (Å²) in [7, 11) is 0. The van der Waals surface area contributed by atoms with Crippen molar-refractivity contribution in [1.82, 2.24) is 0 Å². The molecule has 2 atom stereocenters. The molecule has 188 valence electrons. The summed E-state index contributed by atoms with van der Waals surface area (Å²) in [5.41, 5.74) is 12.9. The zero-order valence-corrected chi connectivity index (χ0v) is 23.3. The predicted octanol–water partition coefficient (Wildman–Crippen LogP) is 11.1. The Morgan fingerprint density at radius 3 is 1.37 bits per heavy atom. The maximum absolute atomic E-state index is 2.56. The minimum Gasteiger partial charge on any atom is -0.0654 e. The Bertz CT molecular complexity index is 991. The van der Waals surface area contributed by atoms with Crippen molar-refractivity contribution in [2.24, 2.45) is 5.41 Å². The Morgan fingerprint density at radius 2 is 0.971 bits per heavy atom. The van der Waals surface area contributed by atoms with Gasteiger partial charge in [-0.2, -0.15) is 0 Å². The molecule has 2 aliphatic carbocycles. The number of rotatable bonds is 12. The first-order chi connectivity index (χ1) is 16.9. The lowest BCUT2D eigenvalue weighted by Gasteiger charge is -2.41. The number of fused-ring (bicyclic) bond motifs is 2. The molecule has 0 saturated heterocycles. The van der Waals surface area contributed by atoms with E-state index in [-0.39, 0.29) is 5.41 Å². The molecule has 2 aromatic carbocycles. The highest BCUT2D eigenvalue weighted by Gasteiger charge is 2.47. The van der Waals surface area contributed by atoms with Crippen molar-refractivity contribution in [3.63, 3.8) is 0 Å². The molecular weight excluding hydrogens is 420 g/mol. The zero-order chi connectivity index (χ0) is 25.0. The predicted molar refractivity (Wildman–Crippen MR) is 155 cm³/mol. The standard InChI is InChI=1S/C35H48/c1-7-9-11-13-19-27-25(3)33(31-23-17-15-21-29(27)31)35(5,6)34-26(4)28(20-14-12-10-8-2)30-22-16-18-24-32(30)34/h15-18,21-24,33-34H,7-14,19-20H2,1-6H3. The van der Waals surface area contributed by atoms with Gasteiger partial charge in [0.25, 0.3) is 0 Å². The molecular formula is C35H48. The van der Waals surface area contributed by atoms with Gasteiger partial charge < -0.3 is 0 Å². The minimum absolute atomic E-state index is 0.122. The summed E-state index contributed by atoms with van der Waals surface area (Å²) in [4.78, 5) is 0. The Kier molecular flexibility index (Phi) is 8.41. The molecule has 0 amide bonds. The third kappa shape index (κ3) is 4.96. The molecule has 0 bridgehead atoms. The van der Waals surface area contributed by atoms with E-state index >= 15 is 0 Å². The lowest BCUT2D eigenvalue weighted by atomic mass is 9.62. The van der Waals surface area contributed by atoms with E-state index < -0.39 is 0 Å². The van der Waals surface area contributed by atoms with E-state index in [1.165, 1.54) is 75.3 Å². The highest BCUT2D eigenvalue weighted by atomic mass is 14.5. The van der Waals surface area contributed by atoms with E-state index in [0.717, 1.165) is 0 Å². The maximum atomic E-state index is 2.56. The van der Waals surface area contributed by atoms with E-state index in [0.29, 0.717) is 11.8 Å². The van der Waals surface area contributed by atoms with Gasteiger partial charge in [0.05, 0.1) is 0 Å². The third-order valence-electron chi connectivity index (χ3n) is 9.06. The summed E-state index contributed by atoms with van der Waals surface area (Å²) in [5.74, 6) is 0.958. The highest BCUT2D eigenvalue weighted by molar-refractivity contribution is 5.81. The summed E-state index contributed by atoms with van der Waals surface area (Å²) in [5, 5.41) is 0. The quantitative estimate of drug-likeness (QED) is 0.272. The van der Waals surface area contributed by atoms with Crippen LogP contribution in [0.2, 0.25) is 0 Å². The van der Waals surface area contributed by atoms with Crippen LogP contribution in [0.3, 0.4) is 0 Å². The van der Waals surface area contributed by atoms with Gasteiger partial charge in [0.15, 0.2) is 0 Å². The fraction of sp³-hybridized carbons (Fsp3) is 0.543. The van der Waals surface area contributed by atoms with Gasteiger partial charge in [0, 0.05) is 11.8 Å². The smallest absolute Gasteiger partial charge is 0.0118 e. The molecule has 2 aromatic rings. The van der Waals surface area contributed by atoms with Crippen molar-refractivity contribution in [3.05, 3.63) is 81.9 Å². The molecule has 35 heavy (non-hydrogen) atoms. The number of hydrogen-bond donors (Lipinski definition) is 0. The Hall–Kier alpha value is -2.08.